The number of hydrogen-bond acceptors (Lipinski definition) is 5. The first-order valence-electron chi connectivity index (χ1n) is 3.15. The molecular weight excluding hydrogens is 194 g/mol. The number of carbonyl (C=O) groups is 1. The van der Waals surface area contributed by atoms with Crippen molar-refractivity contribution in [2.75, 3.05) is 0 Å². The van der Waals surface area contributed by atoms with Crippen LogP contribution in [0.25, 0.3) is 10.4 Å². The minimum absolute atomic E-state index is 0.134. The minimum Gasteiger partial charge on any atom is -0.381 e. The van der Waals surface area contributed by atoms with Gasteiger partial charge in [-0.3, -0.25) is 0 Å². The van der Waals surface area contributed by atoms with E-state index in [0.29, 0.717) is 5.69 Å². The lowest BCUT2D eigenvalue weighted by Gasteiger charge is -1.91. The SMILES string of the molecule is [N-]=[N+]=NCc1csc(OC(N)=O)n1. The number of hydrogen-bond donors (Lipinski definition) is 1. The van der Waals surface area contributed by atoms with E-state index in [9.17, 15) is 4.79 Å². The van der Waals surface area contributed by atoms with Crippen molar-refractivity contribution in [2.24, 2.45) is 10.8 Å². The van der Waals surface area contributed by atoms with Gasteiger partial charge in [-0.25, -0.2) is 9.78 Å². The van der Waals surface area contributed by atoms with E-state index in [-0.39, 0.29) is 11.7 Å². The van der Waals surface area contributed by atoms with E-state index in [1.165, 1.54) is 0 Å². The van der Waals surface area contributed by atoms with Gasteiger partial charge in [0.2, 0.25) is 0 Å². The van der Waals surface area contributed by atoms with Gasteiger partial charge in [-0.15, -0.1) is 0 Å². The number of rotatable bonds is 3. The molecule has 2 N–H and O–H groups in total. The van der Waals surface area contributed by atoms with Crippen LogP contribution in [0.1, 0.15) is 5.69 Å². The quantitative estimate of drug-likeness (QED) is 0.450. The fraction of sp³-hybridized carbons (Fsp3) is 0.200. The third-order valence-electron chi connectivity index (χ3n) is 1.01. The molecule has 0 fully saturated rings. The van der Waals surface area contributed by atoms with Crippen LogP contribution in [0.4, 0.5) is 4.79 Å². The number of aromatic nitrogens is 1. The van der Waals surface area contributed by atoms with Crippen molar-refractivity contribution in [2.45, 2.75) is 6.54 Å². The van der Waals surface area contributed by atoms with E-state index in [0.717, 1.165) is 11.3 Å². The molecule has 1 heterocycles. The molecule has 0 radical (unpaired) electrons. The zero-order valence-electron chi connectivity index (χ0n) is 6.38. The molecular formula is C5H5N5O2S. The van der Waals surface area contributed by atoms with Crippen molar-refractivity contribution in [3.63, 3.8) is 0 Å². The van der Waals surface area contributed by atoms with Gasteiger partial charge in [-0.2, -0.15) is 0 Å². The first-order valence-corrected chi connectivity index (χ1v) is 4.03. The van der Waals surface area contributed by atoms with E-state index < -0.39 is 6.09 Å². The summed E-state index contributed by atoms with van der Waals surface area (Å²) in [5, 5.41) is 5.05. The molecule has 0 atom stereocenters. The van der Waals surface area contributed by atoms with E-state index in [4.69, 9.17) is 11.3 Å². The predicted octanol–water partition coefficient (Wildman–Crippen LogP) is 1.41. The van der Waals surface area contributed by atoms with Crippen LogP contribution in [-0.4, -0.2) is 11.1 Å². The minimum atomic E-state index is -0.912. The molecule has 1 aromatic heterocycles. The summed E-state index contributed by atoms with van der Waals surface area (Å²) in [5.74, 6) is 0. The van der Waals surface area contributed by atoms with Gasteiger partial charge in [0.1, 0.15) is 0 Å². The molecule has 7 nitrogen and oxygen atoms in total. The van der Waals surface area contributed by atoms with Gasteiger partial charge in [0.25, 0.3) is 5.19 Å². The van der Waals surface area contributed by atoms with Crippen LogP contribution in [-0.2, 0) is 6.54 Å². The Labute approximate surface area is 76.8 Å². The molecule has 68 valence electrons. The Hall–Kier alpha value is -1.79. The number of nitrogens with zero attached hydrogens (tertiary/aromatic N) is 4. The predicted molar refractivity (Wildman–Crippen MR) is 45.2 cm³/mol. The van der Waals surface area contributed by atoms with Gasteiger partial charge in [0, 0.05) is 10.3 Å². The Balaban J connectivity index is 2.63. The second-order valence-electron chi connectivity index (χ2n) is 1.91. The van der Waals surface area contributed by atoms with Crippen molar-refractivity contribution >= 4 is 17.4 Å². The van der Waals surface area contributed by atoms with Crippen LogP contribution in [0, 0.1) is 0 Å². The Morgan fingerprint density at radius 1 is 1.92 bits per heavy atom. The second-order valence-corrected chi connectivity index (χ2v) is 2.74. The second kappa shape index (κ2) is 4.29. The number of carbonyl (C=O) groups excluding carboxylic acids is 1. The molecule has 1 aromatic rings. The Bertz CT molecular complexity index is 337. The smallest absolute Gasteiger partial charge is 0.381 e. The van der Waals surface area contributed by atoms with Gasteiger partial charge >= 0.3 is 6.09 Å². The molecule has 0 saturated carbocycles. The highest BCUT2D eigenvalue weighted by Crippen LogP contribution is 2.18. The summed E-state index contributed by atoms with van der Waals surface area (Å²) in [7, 11) is 0. The summed E-state index contributed by atoms with van der Waals surface area (Å²) in [6.07, 6.45) is -0.912. The Morgan fingerprint density at radius 3 is 3.31 bits per heavy atom. The summed E-state index contributed by atoms with van der Waals surface area (Å²) >= 11 is 1.11. The number of primary amides is 1. The van der Waals surface area contributed by atoms with E-state index in [1.807, 2.05) is 0 Å². The zero-order valence-corrected chi connectivity index (χ0v) is 7.19. The third kappa shape index (κ3) is 2.97. The average molecular weight is 199 g/mol. The zero-order chi connectivity index (χ0) is 9.68. The molecule has 0 bridgehead atoms. The van der Waals surface area contributed by atoms with E-state index >= 15 is 0 Å². The maximum atomic E-state index is 10.3. The summed E-state index contributed by atoms with van der Waals surface area (Å²) in [6, 6.07) is 0. The van der Waals surface area contributed by atoms with Crippen molar-refractivity contribution < 1.29 is 9.53 Å². The number of thiazole rings is 1. The van der Waals surface area contributed by atoms with Crippen LogP contribution in [0.3, 0.4) is 0 Å². The van der Waals surface area contributed by atoms with Crippen LogP contribution >= 0.6 is 11.3 Å². The van der Waals surface area contributed by atoms with Crippen molar-refractivity contribution in [1.82, 2.24) is 4.98 Å². The lowest BCUT2D eigenvalue weighted by molar-refractivity contribution is 0.210. The molecule has 0 aromatic carbocycles. The van der Waals surface area contributed by atoms with Crippen LogP contribution in [0.5, 0.6) is 5.19 Å². The maximum Gasteiger partial charge on any atom is 0.411 e. The van der Waals surface area contributed by atoms with Gasteiger partial charge in [0.15, 0.2) is 0 Å². The summed E-state index contributed by atoms with van der Waals surface area (Å²) in [4.78, 5) is 16.7. The molecule has 0 spiro atoms. The first-order chi connectivity index (χ1) is 6.22. The highest BCUT2D eigenvalue weighted by atomic mass is 32.1. The molecule has 8 heteroatoms. The standard InChI is InChI=1S/C5H5N5O2S/c6-4(11)12-5-9-3(2-13-5)1-8-10-7/h2H,1H2,(H2,6,11). The highest BCUT2D eigenvalue weighted by molar-refractivity contribution is 7.11. The monoisotopic (exact) mass is 199 g/mol. The fourth-order valence-electron chi connectivity index (χ4n) is 0.598. The molecule has 0 aliphatic carbocycles. The van der Waals surface area contributed by atoms with E-state index in [2.05, 4.69) is 19.7 Å². The lowest BCUT2D eigenvalue weighted by Crippen LogP contribution is -2.16. The number of ether oxygens (including phenoxy) is 1. The van der Waals surface area contributed by atoms with Gasteiger partial charge in [0.05, 0.1) is 12.2 Å². The fourth-order valence-corrected chi connectivity index (χ4v) is 1.26. The number of nitrogens with two attached hydrogens (primary N) is 1. The van der Waals surface area contributed by atoms with Crippen molar-refractivity contribution in [1.29, 1.82) is 0 Å². The van der Waals surface area contributed by atoms with Gasteiger partial charge < -0.3 is 10.5 Å². The number of azide groups is 1. The van der Waals surface area contributed by atoms with Crippen molar-refractivity contribution in [3.8, 4) is 5.19 Å². The van der Waals surface area contributed by atoms with Gasteiger partial charge in [-0.05, 0) is 5.53 Å². The molecule has 13 heavy (non-hydrogen) atoms. The van der Waals surface area contributed by atoms with Crippen molar-refractivity contribution in [3.05, 3.63) is 21.5 Å². The first kappa shape index (κ1) is 9.30. The Morgan fingerprint density at radius 2 is 2.69 bits per heavy atom. The Kier molecular flexibility index (Phi) is 3.07. The summed E-state index contributed by atoms with van der Waals surface area (Å²) in [5.41, 5.74) is 13.3. The molecule has 1 rings (SSSR count). The molecule has 0 saturated heterocycles. The largest absolute Gasteiger partial charge is 0.411 e. The average Bonchev–Trinajstić information content (AvgIpc) is 2.48. The summed E-state index contributed by atoms with van der Waals surface area (Å²) in [6.45, 7) is 0.134. The van der Waals surface area contributed by atoms with Gasteiger partial charge in [-0.1, -0.05) is 16.5 Å². The van der Waals surface area contributed by atoms with Crippen LogP contribution in [0.15, 0.2) is 10.5 Å². The molecule has 0 aliphatic rings. The maximum absolute atomic E-state index is 10.3. The van der Waals surface area contributed by atoms with E-state index in [1.54, 1.807) is 5.38 Å². The lowest BCUT2D eigenvalue weighted by atomic mass is 10.5. The summed E-state index contributed by atoms with van der Waals surface area (Å²) < 4.78 is 4.49. The number of amides is 1. The third-order valence-corrected chi connectivity index (χ3v) is 1.78. The molecule has 0 unspecified atom stereocenters. The molecule has 0 aliphatic heterocycles. The normalized spacial score (nSPS) is 8.92. The van der Waals surface area contributed by atoms with Crippen LogP contribution in [0.2, 0.25) is 0 Å². The van der Waals surface area contributed by atoms with Crippen LogP contribution < -0.4 is 10.5 Å². The highest BCUT2D eigenvalue weighted by Gasteiger charge is 2.04. The topological polar surface area (TPSA) is 114 Å². The molecule has 1 amide bonds.